The van der Waals surface area contributed by atoms with Gasteiger partial charge in [-0.1, -0.05) is 18.2 Å². The number of aliphatic hydroxyl groups is 1. The molecule has 2 N–H and O–H groups in total. The molecule has 0 aromatic heterocycles. The first-order valence-electron chi connectivity index (χ1n) is 7.91. The number of benzene rings is 1. The molecule has 1 atom stereocenters. The van der Waals surface area contributed by atoms with Gasteiger partial charge in [0.05, 0.1) is 37.8 Å². The highest BCUT2D eigenvalue weighted by Gasteiger charge is 2.38. The van der Waals surface area contributed by atoms with Crippen LogP contribution in [0, 0.1) is 11.3 Å². The standard InChI is InChI=1S/C17H21N3O3/c18-7-5-17(22)6-8-20(12-17)16(21)19-10-13-2-1-3-14-11-23-9-4-15(13)14/h1-3,22H,4-6,8-12H2,(H,19,21). The molecule has 1 aromatic carbocycles. The van der Waals surface area contributed by atoms with Crippen molar-refractivity contribution in [3.05, 3.63) is 34.9 Å². The van der Waals surface area contributed by atoms with Crippen molar-refractivity contribution in [2.24, 2.45) is 0 Å². The second kappa shape index (κ2) is 6.57. The molecule has 2 aliphatic heterocycles. The number of β-amino-alcohol motifs (C(OH)–C–C–N with tert-alkyl or cyclic N) is 1. The monoisotopic (exact) mass is 315 g/mol. The van der Waals surface area contributed by atoms with Gasteiger partial charge >= 0.3 is 6.03 Å². The molecule has 1 saturated heterocycles. The van der Waals surface area contributed by atoms with Gasteiger partial charge in [0.25, 0.3) is 0 Å². The number of hydrogen-bond acceptors (Lipinski definition) is 4. The molecule has 2 heterocycles. The van der Waals surface area contributed by atoms with Crippen molar-refractivity contribution in [2.45, 2.75) is 38.0 Å². The van der Waals surface area contributed by atoms with Crippen LogP contribution >= 0.6 is 0 Å². The minimum absolute atomic E-state index is 0.0585. The van der Waals surface area contributed by atoms with Crippen molar-refractivity contribution in [1.82, 2.24) is 10.2 Å². The van der Waals surface area contributed by atoms with Gasteiger partial charge in [-0.15, -0.1) is 0 Å². The third kappa shape index (κ3) is 3.46. The first kappa shape index (κ1) is 15.8. The van der Waals surface area contributed by atoms with E-state index in [1.54, 1.807) is 4.90 Å². The van der Waals surface area contributed by atoms with E-state index in [-0.39, 0.29) is 19.0 Å². The molecule has 23 heavy (non-hydrogen) atoms. The molecular formula is C17H21N3O3. The van der Waals surface area contributed by atoms with Gasteiger partial charge in [0.15, 0.2) is 0 Å². The van der Waals surface area contributed by atoms with Crippen LogP contribution in [0.3, 0.4) is 0 Å². The van der Waals surface area contributed by atoms with E-state index in [1.807, 2.05) is 18.2 Å². The Hall–Kier alpha value is -2.10. The minimum Gasteiger partial charge on any atom is -0.387 e. The van der Waals surface area contributed by atoms with Crippen LogP contribution in [0.25, 0.3) is 0 Å². The van der Waals surface area contributed by atoms with Crippen LogP contribution in [0.15, 0.2) is 18.2 Å². The smallest absolute Gasteiger partial charge is 0.317 e. The zero-order valence-corrected chi connectivity index (χ0v) is 13.0. The Bertz CT molecular complexity index is 640. The molecule has 6 nitrogen and oxygen atoms in total. The number of nitriles is 1. The number of nitrogens with one attached hydrogen (secondary N) is 1. The summed E-state index contributed by atoms with van der Waals surface area (Å²) in [5, 5.41) is 21.9. The summed E-state index contributed by atoms with van der Waals surface area (Å²) in [6, 6.07) is 7.86. The predicted molar refractivity (Wildman–Crippen MR) is 83.4 cm³/mol. The van der Waals surface area contributed by atoms with Crippen LogP contribution in [0.5, 0.6) is 0 Å². The molecule has 0 spiro atoms. The SMILES string of the molecule is N#CCC1(O)CCN(C(=O)NCc2cccc3c2CCOC3)C1. The molecule has 1 fully saturated rings. The molecule has 1 unspecified atom stereocenters. The van der Waals surface area contributed by atoms with Crippen LogP contribution in [0.2, 0.25) is 0 Å². The lowest BCUT2D eigenvalue weighted by Gasteiger charge is -2.22. The largest absolute Gasteiger partial charge is 0.387 e. The Morgan fingerprint density at radius 1 is 1.52 bits per heavy atom. The molecule has 0 bridgehead atoms. The Balaban J connectivity index is 1.59. The Morgan fingerprint density at radius 3 is 3.22 bits per heavy atom. The lowest BCUT2D eigenvalue weighted by molar-refractivity contribution is 0.0571. The van der Waals surface area contributed by atoms with Gasteiger partial charge in [0.2, 0.25) is 0 Å². The number of hydrogen-bond donors (Lipinski definition) is 2. The average molecular weight is 315 g/mol. The molecule has 0 aliphatic carbocycles. The van der Waals surface area contributed by atoms with Gasteiger partial charge in [-0.25, -0.2) is 4.79 Å². The molecule has 0 radical (unpaired) electrons. The summed E-state index contributed by atoms with van der Waals surface area (Å²) < 4.78 is 5.45. The highest BCUT2D eigenvalue weighted by atomic mass is 16.5. The number of rotatable bonds is 3. The second-order valence-electron chi connectivity index (χ2n) is 6.25. The van der Waals surface area contributed by atoms with Crippen molar-refractivity contribution in [3.63, 3.8) is 0 Å². The zero-order valence-electron chi connectivity index (χ0n) is 13.0. The Labute approximate surface area is 135 Å². The van der Waals surface area contributed by atoms with E-state index in [4.69, 9.17) is 10.00 Å². The van der Waals surface area contributed by atoms with E-state index >= 15 is 0 Å². The van der Waals surface area contributed by atoms with Gasteiger partial charge in [-0.05, 0) is 29.5 Å². The van der Waals surface area contributed by atoms with E-state index < -0.39 is 5.60 Å². The third-order valence-electron chi connectivity index (χ3n) is 4.58. The summed E-state index contributed by atoms with van der Waals surface area (Å²) in [6.07, 6.45) is 1.38. The summed E-state index contributed by atoms with van der Waals surface area (Å²) >= 11 is 0. The fourth-order valence-electron chi connectivity index (χ4n) is 3.27. The number of nitrogens with zero attached hydrogens (tertiary/aromatic N) is 2. The summed E-state index contributed by atoms with van der Waals surface area (Å²) in [5.74, 6) is 0. The van der Waals surface area contributed by atoms with E-state index in [1.165, 1.54) is 11.1 Å². The van der Waals surface area contributed by atoms with Crippen molar-refractivity contribution in [2.75, 3.05) is 19.7 Å². The van der Waals surface area contributed by atoms with Gasteiger partial charge in [-0.2, -0.15) is 5.26 Å². The first-order chi connectivity index (χ1) is 11.1. The fourth-order valence-corrected chi connectivity index (χ4v) is 3.27. The zero-order chi connectivity index (χ0) is 16.3. The van der Waals surface area contributed by atoms with Gasteiger partial charge < -0.3 is 20.1 Å². The number of ether oxygens (including phenoxy) is 1. The van der Waals surface area contributed by atoms with Crippen LogP contribution in [0.4, 0.5) is 4.79 Å². The molecule has 1 aromatic rings. The maximum atomic E-state index is 12.3. The van der Waals surface area contributed by atoms with Gasteiger partial charge in [0, 0.05) is 13.1 Å². The van der Waals surface area contributed by atoms with Crippen molar-refractivity contribution >= 4 is 6.03 Å². The molecule has 3 rings (SSSR count). The van der Waals surface area contributed by atoms with Crippen LogP contribution < -0.4 is 5.32 Å². The third-order valence-corrected chi connectivity index (χ3v) is 4.58. The summed E-state index contributed by atoms with van der Waals surface area (Å²) in [4.78, 5) is 13.9. The molecule has 122 valence electrons. The van der Waals surface area contributed by atoms with E-state index in [0.29, 0.717) is 32.7 Å². The lowest BCUT2D eigenvalue weighted by atomic mass is 9.97. The Kier molecular flexibility index (Phi) is 4.51. The van der Waals surface area contributed by atoms with Crippen LogP contribution in [-0.2, 0) is 24.3 Å². The maximum Gasteiger partial charge on any atom is 0.317 e. The predicted octanol–water partition coefficient (Wildman–Crippen LogP) is 1.32. The van der Waals surface area contributed by atoms with Crippen molar-refractivity contribution in [3.8, 4) is 6.07 Å². The number of urea groups is 1. The molecule has 2 aliphatic rings. The second-order valence-corrected chi connectivity index (χ2v) is 6.25. The maximum absolute atomic E-state index is 12.3. The highest BCUT2D eigenvalue weighted by Crippen LogP contribution is 2.24. The number of amides is 2. The number of likely N-dealkylation sites (tertiary alicyclic amines) is 1. The minimum atomic E-state index is -1.06. The molecule has 6 heteroatoms. The van der Waals surface area contributed by atoms with Gasteiger partial charge in [0.1, 0.15) is 0 Å². The van der Waals surface area contributed by atoms with E-state index in [2.05, 4.69) is 11.4 Å². The molecular weight excluding hydrogens is 294 g/mol. The number of carbonyl (C=O) groups excluding carboxylic acids is 1. The van der Waals surface area contributed by atoms with E-state index in [9.17, 15) is 9.90 Å². The van der Waals surface area contributed by atoms with Gasteiger partial charge in [-0.3, -0.25) is 0 Å². The quantitative estimate of drug-likeness (QED) is 0.881. The van der Waals surface area contributed by atoms with Crippen molar-refractivity contribution in [1.29, 1.82) is 5.26 Å². The van der Waals surface area contributed by atoms with E-state index in [0.717, 1.165) is 12.0 Å². The van der Waals surface area contributed by atoms with Crippen LogP contribution in [-0.4, -0.2) is 41.3 Å². The topological polar surface area (TPSA) is 85.6 Å². The normalized spacial score (nSPS) is 23.2. The summed E-state index contributed by atoms with van der Waals surface area (Å²) in [5.41, 5.74) is 2.51. The number of carbonyl (C=O) groups is 1. The Morgan fingerprint density at radius 2 is 2.39 bits per heavy atom. The summed E-state index contributed by atoms with van der Waals surface area (Å²) in [7, 11) is 0. The number of fused-ring (bicyclic) bond motifs is 1. The van der Waals surface area contributed by atoms with Crippen molar-refractivity contribution < 1.29 is 14.6 Å². The molecule has 0 saturated carbocycles. The van der Waals surface area contributed by atoms with Crippen LogP contribution in [0.1, 0.15) is 29.5 Å². The summed E-state index contributed by atoms with van der Waals surface area (Å²) in [6.45, 7) is 2.50. The molecule has 2 amide bonds. The first-order valence-corrected chi connectivity index (χ1v) is 7.91. The fraction of sp³-hybridized carbons (Fsp3) is 0.529. The average Bonchev–Trinajstić information content (AvgIpc) is 2.95. The highest BCUT2D eigenvalue weighted by molar-refractivity contribution is 5.74. The lowest BCUT2D eigenvalue weighted by Crippen LogP contribution is -2.41.